The van der Waals surface area contributed by atoms with Crippen molar-refractivity contribution < 1.29 is 19.5 Å². The number of aromatic carboxylic acids is 1. The Morgan fingerprint density at radius 1 is 1.07 bits per heavy atom. The number of anilines is 1. The average Bonchev–Trinajstić information content (AvgIpc) is 3.12. The van der Waals surface area contributed by atoms with Gasteiger partial charge in [-0.3, -0.25) is 9.59 Å². The SMILES string of the molecule is Cn1cc(C=C2CC(=O)N(c3ccc(C(=O)O)cc3)C2=O)c2ccccc21. The van der Waals surface area contributed by atoms with E-state index in [0.717, 1.165) is 21.4 Å². The summed E-state index contributed by atoms with van der Waals surface area (Å²) in [4.78, 5) is 37.3. The van der Waals surface area contributed by atoms with Gasteiger partial charge in [0.1, 0.15) is 0 Å². The maximum absolute atomic E-state index is 12.8. The summed E-state index contributed by atoms with van der Waals surface area (Å²) >= 11 is 0. The van der Waals surface area contributed by atoms with Crippen molar-refractivity contribution in [3.05, 3.63) is 71.4 Å². The molecule has 1 aliphatic heterocycles. The summed E-state index contributed by atoms with van der Waals surface area (Å²) in [6, 6.07) is 13.6. The van der Waals surface area contributed by atoms with E-state index in [-0.39, 0.29) is 23.8 Å². The van der Waals surface area contributed by atoms with E-state index in [9.17, 15) is 14.4 Å². The molecule has 0 bridgehead atoms. The second-order valence-electron chi connectivity index (χ2n) is 6.45. The highest BCUT2D eigenvalue weighted by Gasteiger charge is 2.35. The predicted molar refractivity (Wildman–Crippen MR) is 101 cm³/mol. The van der Waals surface area contributed by atoms with Gasteiger partial charge in [-0.2, -0.15) is 0 Å². The van der Waals surface area contributed by atoms with Gasteiger partial charge in [-0.05, 0) is 36.4 Å². The van der Waals surface area contributed by atoms with Gasteiger partial charge < -0.3 is 9.67 Å². The van der Waals surface area contributed by atoms with Crippen molar-refractivity contribution in [1.29, 1.82) is 0 Å². The molecule has 1 N–H and O–H groups in total. The summed E-state index contributed by atoms with van der Waals surface area (Å²) in [5, 5.41) is 9.99. The predicted octanol–water partition coefficient (Wildman–Crippen LogP) is 3.22. The number of carbonyl (C=O) groups excluding carboxylic acids is 2. The van der Waals surface area contributed by atoms with E-state index in [1.807, 2.05) is 42.1 Å². The number of nitrogens with zero attached hydrogens (tertiary/aromatic N) is 2. The molecular weight excluding hydrogens is 344 g/mol. The van der Waals surface area contributed by atoms with Crippen LogP contribution in [0.3, 0.4) is 0 Å². The topological polar surface area (TPSA) is 79.6 Å². The minimum absolute atomic E-state index is 0.0166. The summed E-state index contributed by atoms with van der Waals surface area (Å²) in [5.41, 5.74) is 2.81. The van der Waals surface area contributed by atoms with Crippen LogP contribution in [0.15, 0.2) is 60.3 Å². The first-order chi connectivity index (χ1) is 13.0. The maximum Gasteiger partial charge on any atom is 0.335 e. The van der Waals surface area contributed by atoms with Gasteiger partial charge in [-0.1, -0.05) is 18.2 Å². The third-order valence-electron chi connectivity index (χ3n) is 4.70. The van der Waals surface area contributed by atoms with Gasteiger partial charge in [-0.25, -0.2) is 9.69 Å². The Bertz CT molecular complexity index is 1120. The molecule has 1 aromatic heterocycles. The number of benzene rings is 2. The summed E-state index contributed by atoms with van der Waals surface area (Å²) in [6.45, 7) is 0. The van der Waals surface area contributed by atoms with Gasteiger partial charge >= 0.3 is 5.97 Å². The molecule has 1 saturated heterocycles. The summed E-state index contributed by atoms with van der Waals surface area (Å²) < 4.78 is 1.98. The lowest BCUT2D eigenvalue weighted by atomic mass is 10.1. The number of carboxylic acids is 1. The Balaban J connectivity index is 1.70. The average molecular weight is 360 g/mol. The fourth-order valence-electron chi connectivity index (χ4n) is 3.38. The second-order valence-corrected chi connectivity index (χ2v) is 6.45. The van der Waals surface area contributed by atoms with Crippen LogP contribution in [0.1, 0.15) is 22.3 Å². The van der Waals surface area contributed by atoms with Crippen molar-refractivity contribution in [3.63, 3.8) is 0 Å². The number of imide groups is 1. The van der Waals surface area contributed by atoms with Gasteiger partial charge in [0.25, 0.3) is 5.91 Å². The molecule has 134 valence electrons. The minimum atomic E-state index is -1.06. The summed E-state index contributed by atoms with van der Waals surface area (Å²) in [5.74, 6) is -1.76. The van der Waals surface area contributed by atoms with Crippen molar-refractivity contribution in [2.24, 2.45) is 7.05 Å². The number of hydrogen-bond donors (Lipinski definition) is 1. The number of carbonyl (C=O) groups is 3. The molecule has 2 heterocycles. The molecule has 0 spiro atoms. The van der Waals surface area contributed by atoms with Crippen molar-refractivity contribution in [2.75, 3.05) is 4.90 Å². The molecule has 2 aromatic carbocycles. The molecule has 0 atom stereocenters. The van der Waals surface area contributed by atoms with Gasteiger partial charge in [-0.15, -0.1) is 0 Å². The Morgan fingerprint density at radius 3 is 2.48 bits per heavy atom. The fourth-order valence-corrected chi connectivity index (χ4v) is 3.38. The van der Waals surface area contributed by atoms with E-state index in [1.54, 1.807) is 6.08 Å². The van der Waals surface area contributed by atoms with Crippen LogP contribution in [0.4, 0.5) is 5.69 Å². The number of para-hydroxylation sites is 1. The molecular formula is C21H16N2O4. The van der Waals surface area contributed by atoms with Crippen molar-refractivity contribution in [2.45, 2.75) is 6.42 Å². The Morgan fingerprint density at radius 2 is 1.78 bits per heavy atom. The molecule has 4 rings (SSSR count). The fraction of sp³-hybridized carbons (Fsp3) is 0.0952. The summed E-state index contributed by atoms with van der Waals surface area (Å²) in [6.07, 6.45) is 3.71. The van der Waals surface area contributed by atoms with Crippen molar-refractivity contribution in [1.82, 2.24) is 4.57 Å². The van der Waals surface area contributed by atoms with Crippen LogP contribution in [0.5, 0.6) is 0 Å². The number of amides is 2. The zero-order chi connectivity index (χ0) is 19.1. The van der Waals surface area contributed by atoms with E-state index in [0.29, 0.717) is 11.3 Å². The smallest absolute Gasteiger partial charge is 0.335 e. The normalized spacial score (nSPS) is 15.9. The van der Waals surface area contributed by atoms with Crippen LogP contribution < -0.4 is 4.90 Å². The molecule has 0 aliphatic carbocycles. The molecule has 1 aliphatic rings. The van der Waals surface area contributed by atoms with Gasteiger partial charge in [0, 0.05) is 35.3 Å². The van der Waals surface area contributed by atoms with Crippen LogP contribution in [-0.4, -0.2) is 27.5 Å². The maximum atomic E-state index is 12.8. The lowest BCUT2D eigenvalue weighted by molar-refractivity contribution is -0.120. The van der Waals surface area contributed by atoms with Crippen LogP contribution in [0, 0.1) is 0 Å². The number of fused-ring (bicyclic) bond motifs is 1. The van der Waals surface area contributed by atoms with E-state index in [1.165, 1.54) is 24.3 Å². The number of rotatable bonds is 3. The van der Waals surface area contributed by atoms with Crippen LogP contribution in [-0.2, 0) is 16.6 Å². The van der Waals surface area contributed by atoms with Crippen molar-refractivity contribution in [3.8, 4) is 0 Å². The third kappa shape index (κ3) is 2.81. The lowest BCUT2D eigenvalue weighted by Crippen LogP contribution is -2.28. The molecule has 6 nitrogen and oxygen atoms in total. The van der Waals surface area contributed by atoms with E-state index in [4.69, 9.17) is 5.11 Å². The molecule has 0 unspecified atom stereocenters. The minimum Gasteiger partial charge on any atom is -0.478 e. The number of aryl methyl sites for hydroxylation is 1. The zero-order valence-corrected chi connectivity index (χ0v) is 14.5. The molecule has 0 saturated carbocycles. The molecule has 2 amide bonds. The molecule has 27 heavy (non-hydrogen) atoms. The van der Waals surface area contributed by atoms with Crippen LogP contribution in [0.25, 0.3) is 17.0 Å². The molecule has 1 fully saturated rings. The number of aromatic nitrogens is 1. The van der Waals surface area contributed by atoms with Crippen LogP contribution >= 0.6 is 0 Å². The van der Waals surface area contributed by atoms with Gasteiger partial charge in [0.15, 0.2) is 0 Å². The standard InChI is InChI=1S/C21H16N2O4/c1-22-12-15(17-4-2-3-5-18(17)22)10-14-11-19(24)23(20(14)25)16-8-6-13(7-9-16)21(26)27/h2-10,12H,11H2,1H3,(H,26,27). The van der Waals surface area contributed by atoms with E-state index < -0.39 is 5.97 Å². The largest absolute Gasteiger partial charge is 0.478 e. The monoisotopic (exact) mass is 360 g/mol. The molecule has 6 heteroatoms. The Kier molecular flexibility index (Phi) is 3.88. The van der Waals surface area contributed by atoms with E-state index in [2.05, 4.69) is 0 Å². The van der Waals surface area contributed by atoms with Gasteiger partial charge in [0.05, 0.1) is 17.7 Å². The highest BCUT2D eigenvalue weighted by atomic mass is 16.4. The number of carboxylic acid groups (broad SMARTS) is 1. The van der Waals surface area contributed by atoms with Crippen LogP contribution in [0.2, 0.25) is 0 Å². The Hall–Kier alpha value is -3.67. The zero-order valence-electron chi connectivity index (χ0n) is 14.5. The van der Waals surface area contributed by atoms with Crippen molar-refractivity contribution >= 4 is 40.4 Å². The second kappa shape index (κ2) is 6.25. The molecule has 3 aromatic rings. The number of hydrogen-bond acceptors (Lipinski definition) is 3. The quantitative estimate of drug-likeness (QED) is 0.574. The summed E-state index contributed by atoms with van der Waals surface area (Å²) in [7, 11) is 1.93. The first-order valence-corrected chi connectivity index (χ1v) is 8.41. The lowest BCUT2D eigenvalue weighted by Gasteiger charge is -2.13. The first-order valence-electron chi connectivity index (χ1n) is 8.41. The van der Waals surface area contributed by atoms with E-state index >= 15 is 0 Å². The highest BCUT2D eigenvalue weighted by molar-refractivity contribution is 6.29. The van der Waals surface area contributed by atoms with Gasteiger partial charge in [0.2, 0.25) is 5.91 Å². The molecule has 0 radical (unpaired) electrons. The Labute approximate surface area is 154 Å². The third-order valence-corrected chi connectivity index (χ3v) is 4.70. The first kappa shape index (κ1) is 16.8. The highest BCUT2D eigenvalue weighted by Crippen LogP contribution is 2.30.